The molecule has 140 valence electrons. The number of carbonyl (C=O) groups is 1. The molecule has 0 aliphatic rings. The fourth-order valence-electron chi connectivity index (χ4n) is 2.18. The average molecular weight is 367 g/mol. The van der Waals surface area contributed by atoms with Crippen molar-refractivity contribution in [3.05, 3.63) is 53.6 Å². The molecule has 0 heterocycles. The number of hydrogen-bond donors (Lipinski definition) is 1. The van der Waals surface area contributed by atoms with Crippen LogP contribution < -0.4 is 14.8 Å². The number of nitrogens with one attached hydrogen (secondary N) is 1. The van der Waals surface area contributed by atoms with Crippen LogP contribution >= 0.6 is 0 Å². The Balaban J connectivity index is 2.01. The van der Waals surface area contributed by atoms with Crippen molar-refractivity contribution in [2.45, 2.75) is 33.1 Å². The zero-order chi connectivity index (χ0) is 19.3. The van der Waals surface area contributed by atoms with Crippen LogP contribution in [0.1, 0.15) is 29.8 Å². The number of aryl methyl sites for hydroxylation is 1. The quantitative estimate of drug-likeness (QED) is 0.784. The van der Waals surface area contributed by atoms with Crippen LogP contribution in [-0.2, 0) is 0 Å². The van der Waals surface area contributed by atoms with Crippen molar-refractivity contribution in [1.82, 2.24) is 0 Å². The van der Waals surface area contributed by atoms with Gasteiger partial charge in [-0.2, -0.15) is 13.2 Å². The Morgan fingerprint density at radius 1 is 1.08 bits per heavy atom. The molecule has 0 aromatic heterocycles. The fourth-order valence-corrected chi connectivity index (χ4v) is 2.18. The molecule has 26 heavy (non-hydrogen) atoms. The highest BCUT2D eigenvalue weighted by Gasteiger charge is 2.28. The number of hydrogen-bond acceptors (Lipinski definition) is 3. The van der Waals surface area contributed by atoms with E-state index in [0.717, 1.165) is 5.56 Å². The Bertz CT molecular complexity index is 756. The number of anilines is 1. The molecule has 0 bridgehead atoms. The van der Waals surface area contributed by atoms with Crippen molar-refractivity contribution in [3.63, 3.8) is 0 Å². The Labute approximate surface area is 149 Å². The smallest absolute Gasteiger partial charge is 0.422 e. The Hall–Kier alpha value is -2.70. The van der Waals surface area contributed by atoms with E-state index in [9.17, 15) is 18.0 Å². The lowest BCUT2D eigenvalue weighted by atomic mass is 10.1. The predicted octanol–water partition coefficient (Wildman–Crippen LogP) is 4.98. The summed E-state index contributed by atoms with van der Waals surface area (Å²) in [4.78, 5) is 12.3. The third kappa shape index (κ3) is 5.98. The Kier molecular flexibility index (Phi) is 6.13. The Morgan fingerprint density at radius 2 is 1.69 bits per heavy atom. The van der Waals surface area contributed by atoms with Gasteiger partial charge in [-0.1, -0.05) is 0 Å². The predicted molar refractivity (Wildman–Crippen MR) is 92.9 cm³/mol. The molecular weight excluding hydrogens is 347 g/mol. The van der Waals surface area contributed by atoms with Gasteiger partial charge in [0.1, 0.15) is 11.5 Å². The minimum absolute atomic E-state index is 0.0465. The van der Waals surface area contributed by atoms with Crippen LogP contribution in [0.15, 0.2) is 42.5 Å². The molecule has 0 saturated carbocycles. The summed E-state index contributed by atoms with van der Waals surface area (Å²) in [5.41, 5.74) is 1.77. The van der Waals surface area contributed by atoms with Crippen molar-refractivity contribution in [2.24, 2.45) is 0 Å². The van der Waals surface area contributed by atoms with E-state index >= 15 is 0 Å². The lowest BCUT2D eigenvalue weighted by molar-refractivity contribution is -0.153. The van der Waals surface area contributed by atoms with Crippen LogP contribution in [0.2, 0.25) is 0 Å². The van der Waals surface area contributed by atoms with Crippen molar-refractivity contribution < 1.29 is 27.4 Å². The van der Waals surface area contributed by atoms with Crippen molar-refractivity contribution in [2.75, 3.05) is 11.9 Å². The van der Waals surface area contributed by atoms with Gasteiger partial charge in [0.2, 0.25) is 0 Å². The van der Waals surface area contributed by atoms with Crippen LogP contribution in [0.25, 0.3) is 0 Å². The molecule has 0 spiro atoms. The molecule has 2 aromatic carbocycles. The summed E-state index contributed by atoms with van der Waals surface area (Å²) in [6.45, 7) is 4.32. The van der Waals surface area contributed by atoms with Crippen LogP contribution in [0.5, 0.6) is 11.5 Å². The lowest BCUT2D eigenvalue weighted by Crippen LogP contribution is -2.19. The molecule has 1 N–H and O–H groups in total. The van der Waals surface area contributed by atoms with E-state index in [2.05, 4.69) is 10.1 Å². The third-order valence-electron chi connectivity index (χ3n) is 3.34. The number of ether oxygens (including phenoxy) is 2. The topological polar surface area (TPSA) is 47.6 Å². The second-order valence-electron chi connectivity index (χ2n) is 6.03. The van der Waals surface area contributed by atoms with Gasteiger partial charge in [0.05, 0.1) is 6.10 Å². The standard InChI is InChI=1S/C19H20F3NO3/c1-12(2)26-16-8-9-17(13(3)10-16)23-18(24)14-4-6-15(7-5-14)25-11-19(20,21)22/h4-10,12H,11H2,1-3H3,(H,23,24). The summed E-state index contributed by atoms with van der Waals surface area (Å²) in [7, 11) is 0. The number of rotatable bonds is 6. The van der Waals surface area contributed by atoms with E-state index in [1.54, 1.807) is 12.1 Å². The molecule has 0 saturated heterocycles. The summed E-state index contributed by atoms with van der Waals surface area (Å²) in [5, 5.41) is 2.77. The van der Waals surface area contributed by atoms with E-state index in [4.69, 9.17) is 4.74 Å². The molecular formula is C19H20F3NO3. The van der Waals surface area contributed by atoms with Crippen molar-refractivity contribution in [1.29, 1.82) is 0 Å². The number of halogens is 3. The molecule has 1 amide bonds. The van der Waals surface area contributed by atoms with Crippen LogP contribution in [0, 0.1) is 6.92 Å². The fraction of sp³-hybridized carbons (Fsp3) is 0.316. The molecule has 0 aliphatic heterocycles. The highest BCUT2D eigenvalue weighted by molar-refractivity contribution is 6.04. The maximum Gasteiger partial charge on any atom is 0.422 e. The zero-order valence-corrected chi connectivity index (χ0v) is 14.7. The second kappa shape index (κ2) is 8.12. The molecule has 2 rings (SSSR count). The van der Waals surface area contributed by atoms with E-state index in [0.29, 0.717) is 17.0 Å². The summed E-state index contributed by atoms with van der Waals surface area (Å²) in [6, 6.07) is 10.8. The molecule has 0 radical (unpaired) electrons. The van der Waals surface area contributed by atoms with Gasteiger partial charge in [-0.15, -0.1) is 0 Å². The van der Waals surface area contributed by atoms with Gasteiger partial charge in [-0.3, -0.25) is 4.79 Å². The lowest BCUT2D eigenvalue weighted by Gasteiger charge is -2.13. The minimum Gasteiger partial charge on any atom is -0.491 e. The third-order valence-corrected chi connectivity index (χ3v) is 3.34. The molecule has 7 heteroatoms. The largest absolute Gasteiger partial charge is 0.491 e. The van der Waals surface area contributed by atoms with Gasteiger partial charge in [-0.05, 0) is 68.8 Å². The monoisotopic (exact) mass is 367 g/mol. The molecule has 0 fully saturated rings. The zero-order valence-electron chi connectivity index (χ0n) is 14.7. The summed E-state index contributed by atoms with van der Waals surface area (Å²) in [5.74, 6) is 0.389. The van der Waals surface area contributed by atoms with Gasteiger partial charge in [-0.25, -0.2) is 0 Å². The normalized spacial score (nSPS) is 11.3. The molecule has 4 nitrogen and oxygen atoms in total. The Morgan fingerprint density at radius 3 is 2.23 bits per heavy atom. The molecule has 0 unspecified atom stereocenters. The van der Waals surface area contributed by atoms with Gasteiger partial charge >= 0.3 is 6.18 Å². The minimum atomic E-state index is -4.40. The summed E-state index contributed by atoms with van der Waals surface area (Å²) in [6.07, 6.45) is -4.35. The highest BCUT2D eigenvalue weighted by atomic mass is 19.4. The van der Waals surface area contributed by atoms with Gasteiger partial charge in [0.25, 0.3) is 5.91 Å². The van der Waals surface area contributed by atoms with E-state index in [-0.39, 0.29) is 17.8 Å². The van der Waals surface area contributed by atoms with Gasteiger partial charge < -0.3 is 14.8 Å². The first kappa shape index (κ1) is 19.6. The summed E-state index contributed by atoms with van der Waals surface area (Å²) >= 11 is 0. The molecule has 0 aliphatic carbocycles. The van der Waals surface area contributed by atoms with E-state index in [1.807, 2.05) is 26.8 Å². The van der Waals surface area contributed by atoms with Crippen LogP contribution in [-0.4, -0.2) is 24.8 Å². The first-order valence-electron chi connectivity index (χ1n) is 8.02. The van der Waals surface area contributed by atoms with Gasteiger partial charge in [0.15, 0.2) is 6.61 Å². The van der Waals surface area contributed by atoms with Crippen molar-refractivity contribution >= 4 is 11.6 Å². The summed E-state index contributed by atoms with van der Waals surface area (Å²) < 4.78 is 46.6. The first-order chi connectivity index (χ1) is 12.1. The van der Waals surface area contributed by atoms with E-state index < -0.39 is 12.8 Å². The average Bonchev–Trinajstić information content (AvgIpc) is 2.54. The second-order valence-corrected chi connectivity index (χ2v) is 6.03. The van der Waals surface area contributed by atoms with E-state index in [1.165, 1.54) is 24.3 Å². The number of carbonyl (C=O) groups excluding carboxylic acids is 1. The highest BCUT2D eigenvalue weighted by Crippen LogP contribution is 2.23. The van der Waals surface area contributed by atoms with Crippen LogP contribution in [0.3, 0.4) is 0 Å². The number of amides is 1. The SMILES string of the molecule is Cc1cc(OC(C)C)ccc1NC(=O)c1ccc(OCC(F)(F)F)cc1. The van der Waals surface area contributed by atoms with Gasteiger partial charge in [0, 0.05) is 11.3 Å². The molecule has 0 atom stereocenters. The van der Waals surface area contributed by atoms with Crippen LogP contribution in [0.4, 0.5) is 18.9 Å². The maximum atomic E-state index is 12.3. The maximum absolute atomic E-state index is 12.3. The van der Waals surface area contributed by atoms with Crippen molar-refractivity contribution in [3.8, 4) is 11.5 Å². The number of benzene rings is 2. The first-order valence-corrected chi connectivity index (χ1v) is 8.02. The number of alkyl halides is 3. The molecule has 2 aromatic rings.